The molecule has 0 unspecified atom stereocenters. The van der Waals surface area contributed by atoms with E-state index in [1.54, 1.807) is 49.6 Å². The highest BCUT2D eigenvalue weighted by molar-refractivity contribution is 5.34. The van der Waals surface area contributed by atoms with Crippen molar-refractivity contribution in [1.29, 1.82) is 5.26 Å². The molecule has 0 N–H and O–H groups in total. The maximum Gasteiger partial charge on any atom is 0.220 e. The quantitative estimate of drug-likeness (QED) is 0.807. The van der Waals surface area contributed by atoms with Gasteiger partial charge in [0.1, 0.15) is 23.3 Å². The third-order valence-corrected chi connectivity index (χ3v) is 2.12. The van der Waals surface area contributed by atoms with E-state index in [1.807, 2.05) is 6.07 Å². The minimum absolute atomic E-state index is 0.330. The Morgan fingerprint density at radius 1 is 1.06 bits per heavy atom. The highest BCUT2D eigenvalue weighted by atomic mass is 16.5. The van der Waals surface area contributed by atoms with E-state index in [2.05, 4.69) is 4.98 Å². The van der Waals surface area contributed by atoms with E-state index in [4.69, 9.17) is 14.7 Å². The molecule has 0 spiro atoms. The van der Waals surface area contributed by atoms with Gasteiger partial charge in [-0.1, -0.05) is 6.07 Å². The van der Waals surface area contributed by atoms with Gasteiger partial charge in [0.15, 0.2) is 0 Å². The zero-order chi connectivity index (χ0) is 12.1. The number of pyridine rings is 1. The Morgan fingerprint density at radius 2 is 1.76 bits per heavy atom. The van der Waals surface area contributed by atoms with Crippen molar-refractivity contribution < 1.29 is 9.47 Å². The predicted molar refractivity (Wildman–Crippen MR) is 62.0 cm³/mol. The minimum atomic E-state index is 0.330. The standard InChI is InChI=1S/C13H10N2O2/c1-16-11-5-7-12(8-6-11)17-13-4-2-3-10(9-14)15-13/h2-8H,1H3. The normalized spacial score (nSPS) is 9.41. The average molecular weight is 226 g/mol. The molecule has 0 saturated heterocycles. The molecule has 1 aromatic heterocycles. The van der Waals surface area contributed by atoms with E-state index in [0.717, 1.165) is 5.75 Å². The smallest absolute Gasteiger partial charge is 0.220 e. The Labute approximate surface area is 99.1 Å². The molecule has 0 bridgehead atoms. The van der Waals surface area contributed by atoms with Gasteiger partial charge in [0.25, 0.3) is 0 Å². The van der Waals surface area contributed by atoms with Gasteiger partial charge < -0.3 is 9.47 Å². The lowest BCUT2D eigenvalue weighted by Crippen LogP contribution is -1.90. The molecule has 84 valence electrons. The monoisotopic (exact) mass is 226 g/mol. The van der Waals surface area contributed by atoms with Crippen LogP contribution in [0.1, 0.15) is 5.69 Å². The summed E-state index contributed by atoms with van der Waals surface area (Å²) in [5, 5.41) is 8.71. The van der Waals surface area contributed by atoms with Gasteiger partial charge in [-0.15, -0.1) is 0 Å². The highest BCUT2D eigenvalue weighted by Gasteiger charge is 2.00. The number of benzene rings is 1. The number of hydrogen-bond acceptors (Lipinski definition) is 4. The van der Waals surface area contributed by atoms with Crippen LogP contribution in [-0.4, -0.2) is 12.1 Å². The van der Waals surface area contributed by atoms with Crippen LogP contribution in [0.4, 0.5) is 0 Å². The van der Waals surface area contributed by atoms with Crippen LogP contribution in [0.5, 0.6) is 17.4 Å². The van der Waals surface area contributed by atoms with E-state index in [1.165, 1.54) is 0 Å². The Hall–Kier alpha value is -2.54. The maximum atomic E-state index is 8.71. The molecular weight excluding hydrogens is 216 g/mol. The highest BCUT2D eigenvalue weighted by Crippen LogP contribution is 2.22. The molecule has 0 amide bonds. The second-order valence-electron chi connectivity index (χ2n) is 3.25. The summed E-state index contributed by atoms with van der Waals surface area (Å²) in [6, 6.07) is 14.2. The van der Waals surface area contributed by atoms with Crippen molar-refractivity contribution in [3.05, 3.63) is 48.2 Å². The molecule has 4 heteroatoms. The third-order valence-electron chi connectivity index (χ3n) is 2.12. The van der Waals surface area contributed by atoms with Gasteiger partial charge in [-0.3, -0.25) is 0 Å². The summed E-state index contributed by atoms with van der Waals surface area (Å²) >= 11 is 0. The summed E-state index contributed by atoms with van der Waals surface area (Å²) in [6.07, 6.45) is 0. The number of nitrogens with zero attached hydrogens (tertiary/aromatic N) is 2. The first-order valence-electron chi connectivity index (χ1n) is 5.01. The van der Waals surface area contributed by atoms with Crippen LogP contribution in [0.3, 0.4) is 0 Å². The third kappa shape index (κ3) is 2.73. The minimum Gasteiger partial charge on any atom is -0.497 e. The first kappa shape index (κ1) is 11.0. The van der Waals surface area contributed by atoms with Crippen LogP contribution in [0.2, 0.25) is 0 Å². The molecule has 4 nitrogen and oxygen atoms in total. The zero-order valence-electron chi connectivity index (χ0n) is 9.25. The number of ether oxygens (including phenoxy) is 2. The maximum absolute atomic E-state index is 8.71. The molecule has 2 aromatic rings. The lowest BCUT2D eigenvalue weighted by Gasteiger charge is -2.05. The molecule has 1 heterocycles. The SMILES string of the molecule is COc1ccc(Oc2cccc(C#N)n2)cc1. The van der Waals surface area contributed by atoms with E-state index < -0.39 is 0 Å². The number of rotatable bonds is 3. The molecule has 0 saturated carbocycles. The van der Waals surface area contributed by atoms with Crippen molar-refractivity contribution >= 4 is 0 Å². The van der Waals surface area contributed by atoms with Crippen molar-refractivity contribution in [3.8, 4) is 23.4 Å². The number of aromatic nitrogens is 1. The zero-order valence-corrected chi connectivity index (χ0v) is 9.25. The molecule has 0 fully saturated rings. The first-order valence-corrected chi connectivity index (χ1v) is 5.01. The lowest BCUT2D eigenvalue weighted by molar-refractivity contribution is 0.412. The van der Waals surface area contributed by atoms with Crippen molar-refractivity contribution in [2.75, 3.05) is 7.11 Å². The summed E-state index contributed by atoms with van der Waals surface area (Å²) in [6.45, 7) is 0. The second-order valence-corrected chi connectivity index (χ2v) is 3.25. The van der Waals surface area contributed by atoms with Gasteiger partial charge in [-0.25, -0.2) is 4.98 Å². The summed E-state index contributed by atoms with van der Waals surface area (Å²) in [7, 11) is 1.60. The Balaban J connectivity index is 2.16. The summed E-state index contributed by atoms with van der Waals surface area (Å²) < 4.78 is 10.5. The fourth-order valence-electron chi connectivity index (χ4n) is 1.30. The van der Waals surface area contributed by atoms with Gasteiger partial charge >= 0.3 is 0 Å². The topological polar surface area (TPSA) is 55.1 Å². The van der Waals surface area contributed by atoms with Crippen LogP contribution in [-0.2, 0) is 0 Å². The van der Waals surface area contributed by atoms with E-state index in [-0.39, 0.29) is 0 Å². The van der Waals surface area contributed by atoms with E-state index >= 15 is 0 Å². The fraction of sp³-hybridized carbons (Fsp3) is 0.0769. The van der Waals surface area contributed by atoms with Crippen molar-refractivity contribution in [2.24, 2.45) is 0 Å². The summed E-state index contributed by atoms with van der Waals surface area (Å²) in [5.74, 6) is 1.80. The second kappa shape index (κ2) is 4.99. The molecule has 0 aliphatic heterocycles. The van der Waals surface area contributed by atoms with Crippen LogP contribution >= 0.6 is 0 Å². The molecule has 1 aromatic carbocycles. The van der Waals surface area contributed by atoms with Crippen molar-refractivity contribution in [1.82, 2.24) is 4.98 Å². The van der Waals surface area contributed by atoms with E-state index in [9.17, 15) is 0 Å². The molecule has 17 heavy (non-hydrogen) atoms. The van der Waals surface area contributed by atoms with Crippen LogP contribution in [0.15, 0.2) is 42.5 Å². The van der Waals surface area contributed by atoms with Crippen molar-refractivity contribution in [3.63, 3.8) is 0 Å². The van der Waals surface area contributed by atoms with Crippen molar-refractivity contribution in [2.45, 2.75) is 0 Å². The molecule has 2 rings (SSSR count). The van der Waals surface area contributed by atoms with Gasteiger partial charge in [0, 0.05) is 6.07 Å². The molecule has 0 aliphatic rings. The average Bonchev–Trinajstić information content (AvgIpc) is 2.40. The van der Waals surface area contributed by atoms with Crippen LogP contribution in [0, 0.1) is 11.3 Å². The molecule has 0 aliphatic carbocycles. The lowest BCUT2D eigenvalue weighted by atomic mass is 10.3. The van der Waals surface area contributed by atoms with Crippen LogP contribution in [0.25, 0.3) is 0 Å². The Morgan fingerprint density at radius 3 is 2.41 bits per heavy atom. The Kier molecular flexibility index (Phi) is 3.22. The van der Waals surface area contributed by atoms with Crippen LogP contribution < -0.4 is 9.47 Å². The number of methoxy groups -OCH3 is 1. The number of hydrogen-bond donors (Lipinski definition) is 0. The predicted octanol–water partition coefficient (Wildman–Crippen LogP) is 2.75. The summed E-state index contributed by atoms with van der Waals surface area (Å²) in [4.78, 5) is 4.01. The summed E-state index contributed by atoms with van der Waals surface area (Å²) in [5.41, 5.74) is 0.330. The van der Waals surface area contributed by atoms with Gasteiger partial charge in [-0.05, 0) is 30.3 Å². The first-order chi connectivity index (χ1) is 8.31. The van der Waals surface area contributed by atoms with Gasteiger partial charge in [0.2, 0.25) is 5.88 Å². The molecule has 0 atom stereocenters. The fourth-order valence-corrected chi connectivity index (χ4v) is 1.30. The largest absolute Gasteiger partial charge is 0.497 e. The molecular formula is C13H10N2O2. The van der Waals surface area contributed by atoms with Gasteiger partial charge in [0.05, 0.1) is 7.11 Å². The van der Waals surface area contributed by atoms with E-state index in [0.29, 0.717) is 17.3 Å². The molecule has 0 radical (unpaired) electrons. The van der Waals surface area contributed by atoms with Gasteiger partial charge in [-0.2, -0.15) is 5.26 Å². The number of nitriles is 1. The Bertz CT molecular complexity index is 544.